The van der Waals surface area contributed by atoms with Gasteiger partial charge in [0, 0.05) is 40.0 Å². The van der Waals surface area contributed by atoms with Crippen LogP contribution in [-0.2, 0) is 20.7 Å². The number of rotatable bonds is 0. The van der Waals surface area contributed by atoms with E-state index < -0.39 is 11.1 Å². The lowest BCUT2D eigenvalue weighted by Crippen LogP contribution is -2.54. The Morgan fingerprint density at radius 1 is 0.808 bits per heavy atom. The average molecular weight is 975 g/mol. The van der Waals surface area contributed by atoms with Gasteiger partial charge in [0.2, 0.25) is 0 Å². The van der Waals surface area contributed by atoms with Gasteiger partial charge in [-0.3, -0.25) is 19.8 Å². The molecule has 0 bridgehead atoms. The number of halogens is 3. The van der Waals surface area contributed by atoms with E-state index in [9.17, 15) is 9.59 Å². The number of amides is 2. The minimum atomic E-state index is -0.974. The van der Waals surface area contributed by atoms with E-state index in [2.05, 4.69) is 69.9 Å². The van der Waals surface area contributed by atoms with Gasteiger partial charge in [0.1, 0.15) is 22.7 Å². The minimum absolute atomic E-state index is 0. The number of ether oxygens (including phenoxy) is 2. The summed E-state index contributed by atoms with van der Waals surface area (Å²) in [5, 5.41) is 3.49. The van der Waals surface area contributed by atoms with Crippen LogP contribution in [0.3, 0.4) is 0 Å². The van der Waals surface area contributed by atoms with Crippen LogP contribution in [-0.4, -0.2) is 52.3 Å². The lowest BCUT2D eigenvalue weighted by molar-refractivity contribution is -0.136. The van der Waals surface area contributed by atoms with Crippen molar-refractivity contribution in [3.05, 3.63) is 56.5 Å². The normalized spacial score (nSPS) is 35.6. The first-order chi connectivity index (χ1) is 23.6. The van der Waals surface area contributed by atoms with Gasteiger partial charge in [-0.2, -0.15) is 0 Å². The zero-order valence-corrected chi connectivity index (χ0v) is 37.1. The number of aliphatic imine (C=N–C) groups is 2. The molecule has 0 radical (unpaired) electrons. The monoisotopic (exact) mass is 972 g/mol. The second kappa shape index (κ2) is 15.0. The van der Waals surface area contributed by atoms with Crippen molar-refractivity contribution in [1.29, 1.82) is 0 Å². The molecule has 0 saturated heterocycles. The molecule has 14 heteroatoms. The standard InChI is InChI=1S/C20H25BrN2O2S.C18H22BrN3O2.HI.H3N/c1-12-7-13(2)10-19(9-12)11-20(17(24)23(3)18(22-20)26-4)15-8-14(21)5-6-16(15)25-19;1-10-5-11(2)8-17(7-10)9-18(15(23)21-16(20)22-18)13-6-12(19)3-4-14(13)24-17;;/h5-6,8,12-13H,7,9-11H2,1-4H3;3-4,6,10-11H,5,7-9H2,1-2H3,(H3,20,21,22,23);1H;1H3. The third-order valence-electron chi connectivity index (χ3n) is 11.4. The Morgan fingerprint density at radius 2 is 1.25 bits per heavy atom. The first-order valence-corrected chi connectivity index (χ1v) is 20.5. The molecule has 52 heavy (non-hydrogen) atoms. The number of guanidine groups is 1. The van der Waals surface area contributed by atoms with Crippen molar-refractivity contribution in [2.75, 3.05) is 13.3 Å². The molecule has 4 spiro atoms. The number of fused-ring (bicyclic) bond motifs is 4. The summed E-state index contributed by atoms with van der Waals surface area (Å²) in [4.78, 5) is 37.6. The quantitative estimate of drug-likeness (QED) is 0.224. The summed E-state index contributed by atoms with van der Waals surface area (Å²) in [6.07, 6.45) is 9.42. The van der Waals surface area contributed by atoms with Crippen molar-refractivity contribution in [2.24, 2.45) is 39.4 Å². The summed E-state index contributed by atoms with van der Waals surface area (Å²) in [7, 11) is 1.83. The number of nitrogens with two attached hydrogens (primary N) is 1. The Kier molecular flexibility index (Phi) is 11.9. The van der Waals surface area contributed by atoms with E-state index in [0.29, 0.717) is 36.5 Å². The van der Waals surface area contributed by atoms with E-state index in [-0.39, 0.29) is 59.1 Å². The number of likely N-dealkylation sites (N-methyl/N-ethyl adjacent to an activating group) is 1. The third-order valence-corrected chi connectivity index (χ3v) is 13.1. The van der Waals surface area contributed by atoms with Crippen molar-refractivity contribution < 1.29 is 19.1 Å². The number of carbonyl (C=O) groups excluding carboxylic acids is 2. The van der Waals surface area contributed by atoms with E-state index in [1.54, 1.807) is 4.90 Å². The van der Waals surface area contributed by atoms with Crippen molar-refractivity contribution >= 4 is 90.5 Å². The third kappa shape index (κ3) is 7.16. The Hall–Kier alpha value is -1.88. The minimum Gasteiger partial charge on any atom is -0.487 e. The molecule has 2 aromatic carbocycles. The van der Waals surface area contributed by atoms with Crippen molar-refractivity contribution in [3.8, 4) is 11.5 Å². The second-order valence-corrected chi connectivity index (χ2v) is 18.7. The molecule has 2 aromatic rings. The molecular formula is C38H51Br2IN6O4S. The molecular weight excluding hydrogens is 923 g/mol. The van der Waals surface area contributed by atoms with E-state index in [1.165, 1.54) is 24.6 Å². The molecule has 8 rings (SSSR count). The molecule has 4 heterocycles. The molecule has 6 aliphatic rings. The van der Waals surface area contributed by atoms with Crippen LogP contribution in [0.25, 0.3) is 0 Å². The molecule has 10 nitrogen and oxygen atoms in total. The highest BCUT2D eigenvalue weighted by Gasteiger charge is 2.60. The number of nitrogens with zero attached hydrogens (tertiary/aromatic N) is 3. The number of benzene rings is 2. The van der Waals surface area contributed by atoms with Gasteiger partial charge in [0.05, 0.1) is 0 Å². The highest BCUT2D eigenvalue weighted by molar-refractivity contribution is 14.0. The summed E-state index contributed by atoms with van der Waals surface area (Å²) in [6, 6.07) is 11.8. The zero-order chi connectivity index (χ0) is 35.8. The molecule has 2 fully saturated rings. The Labute approximate surface area is 345 Å². The SMILES string of the molecule is CC1CC(C)CC2(C1)CC1(N=C(N)NC1=O)c1cc(Br)ccc1O2.CSC1=NC2(CC3(CC(C)CC(C)C3)Oc3ccc(Br)cc32)C(=O)N1C.I.N. The summed E-state index contributed by atoms with van der Waals surface area (Å²) in [6.45, 7) is 9.11. The van der Waals surface area contributed by atoms with Gasteiger partial charge in [-0.25, -0.2) is 9.98 Å². The largest absolute Gasteiger partial charge is 0.487 e. The van der Waals surface area contributed by atoms with Crippen LogP contribution >= 0.6 is 67.6 Å². The maximum atomic E-state index is 13.4. The maximum Gasteiger partial charge on any atom is 0.261 e. The first kappa shape index (κ1) is 41.3. The van der Waals surface area contributed by atoms with Gasteiger partial charge in [-0.15, -0.1) is 24.0 Å². The number of hydrogen-bond donors (Lipinski definition) is 3. The lowest BCUT2D eigenvalue weighted by atomic mass is 9.66. The number of thioether (sulfide) groups is 1. The fourth-order valence-electron chi connectivity index (χ4n) is 10.3. The Morgan fingerprint density at radius 3 is 1.65 bits per heavy atom. The predicted octanol–water partition coefficient (Wildman–Crippen LogP) is 8.66. The van der Waals surface area contributed by atoms with Gasteiger partial charge in [-0.05, 0) is 105 Å². The molecule has 2 aliphatic carbocycles. The van der Waals surface area contributed by atoms with Crippen molar-refractivity contribution in [1.82, 2.24) is 16.4 Å². The maximum absolute atomic E-state index is 13.4. The topological polar surface area (TPSA) is 154 Å². The van der Waals surface area contributed by atoms with Crippen LogP contribution in [0.2, 0.25) is 0 Å². The molecule has 0 aromatic heterocycles. The van der Waals surface area contributed by atoms with Crippen LogP contribution in [0, 0.1) is 23.7 Å². The first-order valence-electron chi connectivity index (χ1n) is 17.7. The van der Waals surface area contributed by atoms with Crippen LogP contribution in [0.15, 0.2) is 55.3 Å². The fourth-order valence-corrected chi connectivity index (χ4v) is 11.6. The van der Waals surface area contributed by atoms with E-state index in [0.717, 1.165) is 62.4 Å². The van der Waals surface area contributed by atoms with Gasteiger partial charge >= 0.3 is 0 Å². The lowest BCUT2D eigenvalue weighted by Gasteiger charge is -2.49. The molecule has 6 atom stereocenters. The molecule has 4 aliphatic heterocycles. The summed E-state index contributed by atoms with van der Waals surface area (Å²) < 4.78 is 15.0. The zero-order valence-electron chi connectivity index (χ0n) is 30.8. The van der Waals surface area contributed by atoms with Crippen molar-refractivity contribution in [3.63, 3.8) is 0 Å². The van der Waals surface area contributed by atoms with Crippen LogP contribution in [0.4, 0.5) is 0 Å². The number of carbonyl (C=O) groups is 2. The molecule has 6 N–H and O–H groups in total. The summed E-state index contributed by atoms with van der Waals surface area (Å²) in [5.41, 5.74) is 5.05. The van der Waals surface area contributed by atoms with E-state index in [1.807, 2.05) is 49.7 Å². The predicted molar refractivity (Wildman–Crippen MR) is 226 cm³/mol. The highest BCUT2D eigenvalue weighted by Crippen LogP contribution is 2.56. The number of hydrogen-bond acceptors (Lipinski definition) is 9. The smallest absolute Gasteiger partial charge is 0.261 e. The van der Waals surface area contributed by atoms with Gasteiger partial charge < -0.3 is 21.4 Å². The second-order valence-electron chi connectivity index (χ2n) is 16.0. The van der Waals surface area contributed by atoms with E-state index in [4.69, 9.17) is 20.2 Å². The van der Waals surface area contributed by atoms with Crippen molar-refractivity contribution in [2.45, 2.75) is 101 Å². The van der Waals surface area contributed by atoms with Gasteiger partial charge in [0.25, 0.3) is 11.8 Å². The van der Waals surface area contributed by atoms with Crippen LogP contribution < -0.4 is 26.7 Å². The fraction of sp³-hybridized carbons (Fsp3) is 0.579. The molecule has 284 valence electrons. The molecule has 6 unspecified atom stereocenters. The highest BCUT2D eigenvalue weighted by atomic mass is 127. The number of amidine groups is 1. The van der Waals surface area contributed by atoms with Gasteiger partial charge in [-0.1, -0.05) is 71.3 Å². The van der Waals surface area contributed by atoms with Crippen LogP contribution in [0.1, 0.15) is 90.2 Å². The van der Waals surface area contributed by atoms with Crippen LogP contribution in [0.5, 0.6) is 11.5 Å². The molecule has 2 amide bonds. The summed E-state index contributed by atoms with van der Waals surface area (Å²) >= 11 is 8.59. The average Bonchev–Trinajstić information content (AvgIpc) is 3.43. The Balaban J connectivity index is 0.000000194. The number of nitrogens with one attached hydrogen (secondary N) is 1. The molecule has 2 saturated carbocycles. The van der Waals surface area contributed by atoms with E-state index >= 15 is 0 Å². The Bertz CT molecular complexity index is 1790. The van der Waals surface area contributed by atoms with Gasteiger partial charge in [0.15, 0.2) is 22.2 Å². The summed E-state index contributed by atoms with van der Waals surface area (Å²) in [5.74, 6) is 3.98.